The second kappa shape index (κ2) is 9.19. The first-order valence-corrected chi connectivity index (χ1v) is 9.67. The Morgan fingerprint density at radius 2 is 1.73 bits per heavy atom. The highest BCUT2D eigenvalue weighted by Crippen LogP contribution is 2.32. The lowest BCUT2D eigenvalue weighted by atomic mass is 10.1. The first-order chi connectivity index (χ1) is 12.3. The Morgan fingerprint density at radius 1 is 1.00 bits per heavy atom. The minimum Gasteiger partial charge on any atom is -0.482 e. The number of aryl methyl sites for hydroxylation is 2. The van der Waals surface area contributed by atoms with E-state index < -0.39 is 0 Å². The fourth-order valence-electron chi connectivity index (χ4n) is 2.28. The van der Waals surface area contributed by atoms with Gasteiger partial charge in [0.15, 0.2) is 6.61 Å². The first-order valence-electron chi connectivity index (χ1n) is 8.09. The van der Waals surface area contributed by atoms with Crippen LogP contribution in [-0.4, -0.2) is 18.4 Å². The van der Waals surface area contributed by atoms with Crippen LogP contribution in [0.15, 0.2) is 39.3 Å². The predicted molar refractivity (Wildman–Crippen MR) is 111 cm³/mol. The Bertz CT molecular complexity index is 815. The number of rotatable bonds is 6. The van der Waals surface area contributed by atoms with Crippen LogP contribution in [-0.2, 0) is 9.59 Å². The fourth-order valence-corrected chi connectivity index (χ4v) is 3.83. The fraction of sp³-hybridized carbons (Fsp3) is 0.263. The van der Waals surface area contributed by atoms with Gasteiger partial charge in [0.2, 0.25) is 5.91 Å². The highest BCUT2D eigenvalue weighted by molar-refractivity contribution is 9.11. The van der Waals surface area contributed by atoms with Gasteiger partial charge in [0.05, 0.1) is 4.47 Å². The molecule has 0 heterocycles. The zero-order valence-electron chi connectivity index (χ0n) is 14.8. The maximum Gasteiger partial charge on any atom is 0.262 e. The number of hydrogen-bond acceptors (Lipinski definition) is 3. The van der Waals surface area contributed by atoms with Crippen molar-refractivity contribution in [3.63, 3.8) is 0 Å². The zero-order chi connectivity index (χ0) is 19.3. The molecule has 0 fully saturated rings. The molecule has 2 N–H and O–H groups in total. The Morgan fingerprint density at radius 3 is 2.38 bits per heavy atom. The largest absolute Gasteiger partial charge is 0.482 e. The van der Waals surface area contributed by atoms with Gasteiger partial charge < -0.3 is 15.4 Å². The van der Waals surface area contributed by atoms with Gasteiger partial charge in [0, 0.05) is 22.3 Å². The molecule has 0 unspecified atom stereocenters. The average Bonchev–Trinajstić information content (AvgIpc) is 2.56. The summed E-state index contributed by atoms with van der Waals surface area (Å²) in [4.78, 5) is 23.8. The lowest BCUT2D eigenvalue weighted by Gasteiger charge is -2.13. The van der Waals surface area contributed by atoms with Crippen molar-refractivity contribution in [3.05, 3.63) is 50.4 Å². The average molecular weight is 484 g/mol. The van der Waals surface area contributed by atoms with E-state index in [0.717, 1.165) is 20.1 Å². The van der Waals surface area contributed by atoms with Gasteiger partial charge in [0.25, 0.3) is 5.91 Å². The van der Waals surface area contributed by atoms with Crippen molar-refractivity contribution in [2.75, 3.05) is 17.2 Å². The Kier molecular flexibility index (Phi) is 7.23. The molecule has 0 atom stereocenters. The van der Waals surface area contributed by atoms with E-state index in [4.69, 9.17) is 4.74 Å². The van der Waals surface area contributed by atoms with Crippen molar-refractivity contribution in [1.29, 1.82) is 0 Å². The summed E-state index contributed by atoms with van der Waals surface area (Å²) >= 11 is 6.85. The molecule has 2 amide bonds. The van der Waals surface area contributed by atoms with Gasteiger partial charge in [-0.2, -0.15) is 0 Å². The Balaban J connectivity index is 2.02. The van der Waals surface area contributed by atoms with E-state index in [0.29, 0.717) is 23.5 Å². The van der Waals surface area contributed by atoms with E-state index in [9.17, 15) is 9.59 Å². The second-order valence-corrected chi connectivity index (χ2v) is 7.57. The van der Waals surface area contributed by atoms with Crippen LogP contribution in [0.4, 0.5) is 11.4 Å². The number of anilines is 2. The zero-order valence-corrected chi connectivity index (χ0v) is 18.0. The summed E-state index contributed by atoms with van der Waals surface area (Å²) in [6.07, 6.45) is 0.394. The molecule has 0 saturated carbocycles. The van der Waals surface area contributed by atoms with Gasteiger partial charge in [-0.1, -0.05) is 28.9 Å². The van der Waals surface area contributed by atoms with Crippen LogP contribution < -0.4 is 15.4 Å². The van der Waals surface area contributed by atoms with Crippen LogP contribution in [0.2, 0.25) is 0 Å². The molecule has 0 saturated heterocycles. The van der Waals surface area contributed by atoms with Crippen LogP contribution in [0.5, 0.6) is 5.75 Å². The summed E-state index contributed by atoms with van der Waals surface area (Å²) in [5, 5.41) is 5.60. The monoisotopic (exact) mass is 482 g/mol. The van der Waals surface area contributed by atoms with Crippen LogP contribution in [0.25, 0.3) is 0 Å². The standard InChI is InChI=1S/C19H20Br2N2O3/c1-4-17(24)23-16-9-14(6-5-11(16)2)22-18(25)10-26-19-12(3)7-13(20)8-15(19)21/h5-9H,4,10H2,1-3H3,(H,22,25)(H,23,24). The molecule has 0 radical (unpaired) electrons. The van der Waals surface area contributed by atoms with Crippen molar-refractivity contribution in [2.45, 2.75) is 27.2 Å². The number of amides is 2. The summed E-state index contributed by atoms with van der Waals surface area (Å²) in [5.74, 6) is 0.273. The molecule has 138 valence electrons. The molecule has 2 aromatic rings. The molecule has 0 aliphatic carbocycles. The molecule has 0 bridgehead atoms. The van der Waals surface area contributed by atoms with E-state index in [2.05, 4.69) is 42.5 Å². The molecule has 0 spiro atoms. The van der Waals surface area contributed by atoms with Crippen LogP contribution in [0, 0.1) is 13.8 Å². The summed E-state index contributed by atoms with van der Waals surface area (Å²) in [5.41, 5.74) is 3.12. The number of benzene rings is 2. The Hall–Kier alpha value is -1.86. The maximum absolute atomic E-state index is 12.2. The van der Waals surface area contributed by atoms with Crippen LogP contribution in [0.1, 0.15) is 24.5 Å². The third-order valence-corrected chi connectivity index (χ3v) is 4.71. The van der Waals surface area contributed by atoms with E-state index in [1.165, 1.54) is 0 Å². The summed E-state index contributed by atoms with van der Waals surface area (Å²) in [6.45, 7) is 5.47. The third kappa shape index (κ3) is 5.57. The number of hydrogen-bond donors (Lipinski definition) is 2. The van der Waals surface area contributed by atoms with Crippen LogP contribution in [0.3, 0.4) is 0 Å². The van der Waals surface area contributed by atoms with Gasteiger partial charge in [-0.05, 0) is 65.2 Å². The number of carbonyl (C=O) groups excluding carboxylic acids is 2. The van der Waals surface area contributed by atoms with E-state index in [-0.39, 0.29) is 18.4 Å². The van der Waals surface area contributed by atoms with Gasteiger partial charge in [0.1, 0.15) is 5.75 Å². The lowest BCUT2D eigenvalue weighted by Crippen LogP contribution is -2.21. The summed E-state index contributed by atoms with van der Waals surface area (Å²) in [6, 6.07) is 9.15. The predicted octanol–water partition coefficient (Wildman–Crippen LogP) is 5.19. The van der Waals surface area contributed by atoms with Crippen molar-refractivity contribution in [3.8, 4) is 5.75 Å². The summed E-state index contributed by atoms with van der Waals surface area (Å²) in [7, 11) is 0. The summed E-state index contributed by atoms with van der Waals surface area (Å²) < 4.78 is 7.35. The topological polar surface area (TPSA) is 67.4 Å². The highest BCUT2D eigenvalue weighted by atomic mass is 79.9. The van der Waals surface area contributed by atoms with E-state index in [1.54, 1.807) is 19.1 Å². The lowest BCUT2D eigenvalue weighted by molar-refractivity contribution is -0.118. The molecule has 0 aliphatic rings. The maximum atomic E-state index is 12.2. The van der Waals surface area contributed by atoms with Crippen molar-refractivity contribution in [2.24, 2.45) is 0 Å². The van der Waals surface area contributed by atoms with Crippen molar-refractivity contribution >= 4 is 55.0 Å². The Labute approximate surface area is 169 Å². The minimum atomic E-state index is -0.282. The SMILES string of the molecule is CCC(=O)Nc1cc(NC(=O)COc2c(C)cc(Br)cc2Br)ccc1C. The van der Waals surface area contributed by atoms with Gasteiger partial charge in [-0.3, -0.25) is 9.59 Å². The van der Waals surface area contributed by atoms with E-state index in [1.807, 2.05) is 32.0 Å². The molecular weight excluding hydrogens is 464 g/mol. The first kappa shape index (κ1) is 20.5. The number of ether oxygens (including phenoxy) is 1. The number of halogens is 2. The van der Waals surface area contributed by atoms with Crippen molar-refractivity contribution in [1.82, 2.24) is 0 Å². The normalized spacial score (nSPS) is 10.3. The molecule has 2 aromatic carbocycles. The second-order valence-electron chi connectivity index (χ2n) is 5.80. The van der Waals surface area contributed by atoms with Gasteiger partial charge in [-0.25, -0.2) is 0 Å². The number of nitrogens with one attached hydrogen (secondary N) is 2. The molecule has 2 rings (SSSR count). The third-order valence-electron chi connectivity index (χ3n) is 3.66. The van der Waals surface area contributed by atoms with Gasteiger partial charge >= 0.3 is 0 Å². The molecule has 0 aromatic heterocycles. The van der Waals surface area contributed by atoms with Crippen molar-refractivity contribution < 1.29 is 14.3 Å². The smallest absolute Gasteiger partial charge is 0.262 e. The highest BCUT2D eigenvalue weighted by Gasteiger charge is 2.11. The molecule has 7 heteroatoms. The van der Waals surface area contributed by atoms with E-state index >= 15 is 0 Å². The minimum absolute atomic E-state index is 0.0736. The molecular formula is C19H20Br2N2O3. The van der Waals surface area contributed by atoms with Crippen LogP contribution >= 0.6 is 31.9 Å². The molecule has 0 aliphatic heterocycles. The van der Waals surface area contributed by atoms with Gasteiger partial charge in [-0.15, -0.1) is 0 Å². The quantitative estimate of drug-likeness (QED) is 0.593. The number of carbonyl (C=O) groups is 2. The molecule has 26 heavy (non-hydrogen) atoms. The molecule has 5 nitrogen and oxygen atoms in total.